The van der Waals surface area contributed by atoms with Crippen LogP contribution in [0.25, 0.3) is 11.0 Å². The average Bonchev–Trinajstić information content (AvgIpc) is 3.27. The van der Waals surface area contributed by atoms with Crippen LogP contribution in [0.3, 0.4) is 0 Å². The van der Waals surface area contributed by atoms with Gasteiger partial charge in [0, 0.05) is 19.3 Å². The SMILES string of the molecule is NC1(C(=O)N[C@@H](C(=O)NO)c2ccccc2)CCN(c2ncnc3[nH]ccc23)CC1. The lowest BCUT2D eigenvalue weighted by Crippen LogP contribution is -2.61. The van der Waals surface area contributed by atoms with Crippen molar-refractivity contribution in [3.05, 3.63) is 54.5 Å². The molecule has 0 saturated carbocycles. The van der Waals surface area contributed by atoms with Gasteiger partial charge >= 0.3 is 0 Å². The normalized spacial score (nSPS) is 16.8. The minimum atomic E-state index is -1.14. The Morgan fingerprint density at radius 3 is 2.60 bits per heavy atom. The standard InChI is InChI=1S/C20H23N7O3/c21-20(19(29)25-15(18(28)26-30)13-4-2-1-3-5-13)7-10-27(11-8-20)17-14-6-9-22-16(14)23-12-24-17/h1-6,9,12,15,30H,7-8,10-11,21H2,(H,25,29)(H,26,28)(H,22,23,24)/t15-/m1/s1. The van der Waals surface area contributed by atoms with E-state index in [1.807, 2.05) is 12.3 Å². The maximum atomic E-state index is 13.0. The molecule has 6 N–H and O–H groups in total. The zero-order valence-corrected chi connectivity index (χ0v) is 16.2. The van der Waals surface area contributed by atoms with Gasteiger partial charge in [-0.2, -0.15) is 0 Å². The Bertz CT molecular complexity index is 1040. The van der Waals surface area contributed by atoms with Gasteiger partial charge in [-0.05, 0) is 24.5 Å². The predicted octanol–water partition coefficient (Wildman–Crippen LogP) is 0.619. The number of fused-ring (bicyclic) bond motifs is 1. The van der Waals surface area contributed by atoms with Crippen molar-refractivity contribution in [2.24, 2.45) is 5.73 Å². The number of amides is 2. The molecule has 10 heteroatoms. The topological polar surface area (TPSA) is 149 Å². The minimum Gasteiger partial charge on any atom is -0.356 e. The third kappa shape index (κ3) is 3.70. The molecule has 3 aromatic rings. The maximum absolute atomic E-state index is 13.0. The molecule has 0 aliphatic carbocycles. The molecule has 1 atom stereocenters. The second-order valence-corrected chi connectivity index (χ2v) is 7.37. The van der Waals surface area contributed by atoms with E-state index < -0.39 is 23.4 Å². The summed E-state index contributed by atoms with van der Waals surface area (Å²) in [6.07, 6.45) is 4.08. The number of rotatable bonds is 5. The molecule has 0 unspecified atom stereocenters. The number of H-pyrrole nitrogens is 1. The Morgan fingerprint density at radius 1 is 1.17 bits per heavy atom. The lowest BCUT2D eigenvalue weighted by atomic mass is 9.87. The first-order valence-electron chi connectivity index (χ1n) is 9.63. The lowest BCUT2D eigenvalue weighted by Gasteiger charge is -2.39. The number of aromatic amines is 1. The highest BCUT2D eigenvalue weighted by Gasteiger charge is 2.40. The number of benzene rings is 1. The van der Waals surface area contributed by atoms with E-state index >= 15 is 0 Å². The molecule has 1 aliphatic rings. The van der Waals surface area contributed by atoms with Crippen molar-refractivity contribution < 1.29 is 14.8 Å². The molecule has 2 aromatic heterocycles. The fourth-order valence-corrected chi connectivity index (χ4v) is 3.74. The molecular formula is C20H23N7O3. The molecule has 2 amide bonds. The summed E-state index contributed by atoms with van der Waals surface area (Å²) in [5.74, 6) is -0.369. The first-order chi connectivity index (χ1) is 14.5. The number of carbonyl (C=O) groups is 2. The van der Waals surface area contributed by atoms with Gasteiger partial charge in [0.25, 0.3) is 5.91 Å². The highest BCUT2D eigenvalue weighted by molar-refractivity contribution is 5.93. The summed E-state index contributed by atoms with van der Waals surface area (Å²) in [5.41, 5.74) is 8.21. The third-order valence-electron chi connectivity index (χ3n) is 5.52. The van der Waals surface area contributed by atoms with Crippen molar-refractivity contribution in [2.75, 3.05) is 18.0 Å². The second-order valence-electron chi connectivity index (χ2n) is 7.37. The number of piperidine rings is 1. The largest absolute Gasteiger partial charge is 0.356 e. The molecule has 30 heavy (non-hydrogen) atoms. The Kier molecular flexibility index (Phi) is 5.34. The van der Waals surface area contributed by atoms with Gasteiger partial charge in [-0.25, -0.2) is 15.4 Å². The average molecular weight is 409 g/mol. The fraction of sp³-hybridized carbons (Fsp3) is 0.300. The van der Waals surface area contributed by atoms with Gasteiger partial charge in [-0.15, -0.1) is 0 Å². The van der Waals surface area contributed by atoms with E-state index in [2.05, 4.69) is 25.2 Å². The molecule has 1 aromatic carbocycles. The number of carbonyl (C=O) groups excluding carboxylic acids is 2. The molecule has 3 heterocycles. The van der Waals surface area contributed by atoms with E-state index in [4.69, 9.17) is 10.9 Å². The van der Waals surface area contributed by atoms with Gasteiger partial charge < -0.3 is 20.9 Å². The summed E-state index contributed by atoms with van der Waals surface area (Å²) < 4.78 is 0. The first-order valence-corrected chi connectivity index (χ1v) is 9.63. The number of nitrogens with one attached hydrogen (secondary N) is 3. The quantitative estimate of drug-likeness (QED) is 0.306. The Labute approximate surface area is 172 Å². The zero-order valence-electron chi connectivity index (χ0n) is 16.2. The second kappa shape index (κ2) is 8.09. The molecule has 0 radical (unpaired) electrons. The summed E-state index contributed by atoms with van der Waals surface area (Å²) in [6.45, 7) is 1.06. The summed E-state index contributed by atoms with van der Waals surface area (Å²) in [4.78, 5) is 38.8. The van der Waals surface area contributed by atoms with Gasteiger partial charge in [-0.1, -0.05) is 30.3 Å². The van der Waals surface area contributed by atoms with Crippen molar-refractivity contribution in [3.8, 4) is 0 Å². The monoisotopic (exact) mass is 409 g/mol. The summed E-state index contributed by atoms with van der Waals surface area (Å²) in [7, 11) is 0. The van der Waals surface area contributed by atoms with Crippen LogP contribution < -0.4 is 21.4 Å². The number of nitrogens with zero attached hydrogens (tertiary/aromatic N) is 3. The first kappa shape index (κ1) is 19.8. The van der Waals surface area contributed by atoms with Crippen LogP contribution in [0.1, 0.15) is 24.4 Å². The summed E-state index contributed by atoms with van der Waals surface area (Å²) in [5, 5.41) is 12.7. The molecule has 4 rings (SSSR count). The number of nitrogens with two attached hydrogens (primary N) is 1. The number of anilines is 1. The predicted molar refractivity (Wildman–Crippen MR) is 110 cm³/mol. The van der Waals surface area contributed by atoms with Crippen LogP contribution in [0, 0.1) is 0 Å². The third-order valence-corrected chi connectivity index (χ3v) is 5.52. The van der Waals surface area contributed by atoms with Crippen LogP contribution in [0.15, 0.2) is 48.9 Å². The highest BCUT2D eigenvalue weighted by Crippen LogP contribution is 2.28. The van der Waals surface area contributed by atoms with Gasteiger partial charge in [0.1, 0.15) is 23.8 Å². The van der Waals surface area contributed by atoms with Crippen molar-refractivity contribution in [2.45, 2.75) is 24.4 Å². The number of hydrogen-bond donors (Lipinski definition) is 5. The van der Waals surface area contributed by atoms with Gasteiger partial charge in [0.05, 0.1) is 10.9 Å². The summed E-state index contributed by atoms with van der Waals surface area (Å²) >= 11 is 0. The van der Waals surface area contributed by atoms with Gasteiger partial charge in [-0.3, -0.25) is 14.8 Å². The van der Waals surface area contributed by atoms with E-state index in [9.17, 15) is 9.59 Å². The number of hydroxylamine groups is 1. The van der Waals surface area contributed by atoms with Crippen LogP contribution in [-0.4, -0.2) is 50.6 Å². The minimum absolute atomic E-state index is 0.386. The zero-order chi connectivity index (χ0) is 21.1. The summed E-state index contributed by atoms with van der Waals surface area (Å²) in [6, 6.07) is 9.57. The molecule has 1 saturated heterocycles. The van der Waals surface area contributed by atoms with Crippen LogP contribution >= 0.6 is 0 Å². The van der Waals surface area contributed by atoms with Gasteiger partial charge in [0.15, 0.2) is 0 Å². The lowest BCUT2D eigenvalue weighted by molar-refractivity contribution is -0.136. The number of hydrogen-bond acceptors (Lipinski definition) is 7. The molecule has 10 nitrogen and oxygen atoms in total. The molecule has 156 valence electrons. The van der Waals surface area contributed by atoms with Crippen LogP contribution in [-0.2, 0) is 9.59 Å². The number of aromatic nitrogens is 3. The van der Waals surface area contributed by atoms with E-state index in [-0.39, 0.29) is 0 Å². The van der Waals surface area contributed by atoms with Crippen LogP contribution in [0.5, 0.6) is 0 Å². The van der Waals surface area contributed by atoms with Crippen LogP contribution in [0.4, 0.5) is 5.82 Å². The van der Waals surface area contributed by atoms with Crippen molar-refractivity contribution in [1.29, 1.82) is 0 Å². The van der Waals surface area contributed by atoms with Crippen LogP contribution in [0.2, 0.25) is 0 Å². The van der Waals surface area contributed by atoms with E-state index in [0.717, 1.165) is 16.9 Å². The molecule has 1 aliphatic heterocycles. The smallest absolute Gasteiger partial charge is 0.270 e. The maximum Gasteiger partial charge on any atom is 0.270 e. The molecule has 0 spiro atoms. The van der Waals surface area contributed by atoms with Crippen molar-refractivity contribution in [3.63, 3.8) is 0 Å². The van der Waals surface area contributed by atoms with E-state index in [1.165, 1.54) is 6.33 Å². The molecule has 1 fully saturated rings. The Morgan fingerprint density at radius 2 is 1.90 bits per heavy atom. The molecular weight excluding hydrogens is 386 g/mol. The van der Waals surface area contributed by atoms with E-state index in [0.29, 0.717) is 31.5 Å². The van der Waals surface area contributed by atoms with E-state index in [1.54, 1.807) is 35.8 Å². The Hall–Kier alpha value is -3.50. The highest BCUT2D eigenvalue weighted by atomic mass is 16.5. The van der Waals surface area contributed by atoms with Crippen molar-refractivity contribution in [1.82, 2.24) is 25.7 Å². The fourth-order valence-electron chi connectivity index (χ4n) is 3.74. The van der Waals surface area contributed by atoms with Gasteiger partial charge in [0.2, 0.25) is 5.91 Å². The Balaban J connectivity index is 1.47. The van der Waals surface area contributed by atoms with Crippen molar-refractivity contribution >= 4 is 28.7 Å². The molecule has 0 bridgehead atoms.